The van der Waals surface area contributed by atoms with Crippen LogP contribution in [-0.2, 0) is 20.0 Å². The first-order valence-electron chi connectivity index (χ1n) is 8.54. The summed E-state index contributed by atoms with van der Waals surface area (Å²) in [7, 11) is 1.86. The van der Waals surface area contributed by atoms with Gasteiger partial charge < -0.3 is 15.5 Å². The lowest BCUT2D eigenvalue weighted by Crippen LogP contribution is -2.43. The quantitative estimate of drug-likeness (QED) is 0.894. The minimum absolute atomic E-state index is 0.0725. The highest BCUT2D eigenvalue weighted by Crippen LogP contribution is 2.26. The lowest BCUT2D eigenvalue weighted by atomic mass is 10.1. The van der Waals surface area contributed by atoms with Gasteiger partial charge in [0, 0.05) is 43.4 Å². The molecule has 0 unspecified atom stereocenters. The number of hydrogen-bond acceptors (Lipinski definition) is 3. The normalized spacial score (nSPS) is 13.3. The molecule has 0 saturated carbocycles. The number of amides is 3. The number of fused-ring (bicyclic) bond motifs is 1. The van der Waals surface area contributed by atoms with Crippen molar-refractivity contribution < 1.29 is 9.59 Å². The van der Waals surface area contributed by atoms with Crippen molar-refractivity contribution in [2.45, 2.75) is 26.3 Å². The van der Waals surface area contributed by atoms with E-state index in [0.29, 0.717) is 31.0 Å². The van der Waals surface area contributed by atoms with E-state index < -0.39 is 0 Å². The molecular formula is C18H23N5O2. The molecule has 7 nitrogen and oxygen atoms in total. The fraction of sp³-hybridized carbons (Fsp3) is 0.389. The molecule has 2 heterocycles. The number of anilines is 1. The van der Waals surface area contributed by atoms with Gasteiger partial charge in [-0.1, -0.05) is 25.1 Å². The van der Waals surface area contributed by atoms with Gasteiger partial charge in [-0.25, -0.2) is 4.79 Å². The van der Waals surface area contributed by atoms with Crippen LogP contribution in [0.2, 0.25) is 0 Å². The molecule has 3 rings (SSSR count). The SMILES string of the molecule is CCCNC(=O)N1CCc2c(c(NC(=O)c3ccccc3)nn2C)C1. The molecule has 0 spiro atoms. The summed E-state index contributed by atoms with van der Waals surface area (Å²) in [6.07, 6.45) is 1.62. The Morgan fingerprint density at radius 3 is 2.72 bits per heavy atom. The molecule has 0 aliphatic carbocycles. The second-order valence-corrected chi connectivity index (χ2v) is 6.12. The van der Waals surface area contributed by atoms with Crippen molar-refractivity contribution in [3.8, 4) is 0 Å². The molecule has 0 atom stereocenters. The molecule has 0 bridgehead atoms. The van der Waals surface area contributed by atoms with Gasteiger partial charge in [-0.3, -0.25) is 9.48 Å². The topological polar surface area (TPSA) is 79.3 Å². The van der Waals surface area contributed by atoms with Crippen molar-refractivity contribution in [2.24, 2.45) is 7.05 Å². The van der Waals surface area contributed by atoms with E-state index in [1.807, 2.05) is 32.2 Å². The number of hydrogen-bond donors (Lipinski definition) is 2. The van der Waals surface area contributed by atoms with Crippen LogP contribution in [0.4, 0.5) is 10.6 Å². The Bertz CT molecular complexity index is 769. The van der Waals surface area contributed by atoms with E-state index in [1.54, 1.807) is 21.7 Å². The summed E-state index contributed by atoms with van der Waals surface area (Å²) in [6, 6.07) is 8.96. The number of benzene rings is 1. The molecule has 2 N–H and O–H groups in total. The van der Waals surface area contributed by atoms with Crippen LogP contribution in [0.1, 0.15) is 35.0 Å². The molecule has 25 heavy (non-hydrogen) atoms. The molecule has 1 aliphatic heterocycles. The first-order chi connectivity index (χ1) is 12.1. The van der Waals surface area contributed by atoms with E-state index in [0.717, 1.165) is 24.1 Å². The first-order valence-corrected chi connectivity index (χ1v) is 8.54. The number of aryl methyl sites for hydroxylation is 1. The Balaban J connectivity index is 1.77. The summed E-state index contributed by atoms with van der Waals surface area (Å²) < 4.78 is 1.79. The van der Waals surface area contributed by atoms with E-state index in [4.69, 9.17) is 0 Å². The Kier molecular flexibility index (Phi) is 5.02. The highest BCUT2D eigenvalue weighted by Gasteiger charge is 2.27. The van der Waals surface area contributed by atoms with E-state index in [9.17, 15) is 9.59 Å². The van der Waals surface area contributed by atoms with Gasteiger partial charge in [0.15, 0.2) is 5.82 Å². The maximum Gasteiger partial charge on any atom is 0.317 e. The maximum absolute atomic E-state index is 12.4. The summed E-state index contributed by atoms with van der Waals surface area (Å²) in [6.45, 7) is 3.77. The standard InChI is InChI=1S/C18H23N5O2/c1-3-10-19-18(25)23-11-9-15-14(12-23)16(21-22(15)2)20-17(24)13-7-5-4-6-8-13/h4-8H,3,9-12H2,1-2H3,(H,19,25)(H,20,21,24). The van der Waals surface area contributed by atoms with E-state index in [2.05, 4.69) is 15.7 Å². The van der Waals surface area contributed by atoms with Crippen LogP contribution in [-0.4, -0.2) is 39.7 Å². The van der Waals surface area contributed by atoms with Crippen molar-refractivity contribution in [1.29, 1.82) is 0 Å². The summed E-state index contributed by atoms with van der Waals surface area (Å²) in [5.74, 6) is 0.327. The van der Waals surface area contributed by atoms with Gasteiger partial charge in [-0.05, 0) is 18.6 Å². The smallest absolute Gasteiger partial charge is 0.317 e. The molecule has 1 aromatic heterocycles. The minimum Gasteiger partial charge on any atom is -0.338 e. The monoisotopic (exact) mass is 341 g/mol. The van der Waals surface area contributed by atoms with Crippen molar-refractivity contribution in [1.82, 2.24) is 20.0 Å². The molecule has 1 aromatic carbocycles. The Morgan fingerprint density at radius 1 is 1.24 bits per heavy atom. The second-order valence-electron chi connectivity index (χ2n) is 6.12. The molecule has 0 fully saturated rings. The van der Waals surface area contributed by atoms with Gasteiger partial charge in [0.05, 0.1) is 6.54 Å². The largest absolute Gasteiger partial charge is 0.338 e. The number of urea groups is 1. The van der Waals surface area contributed by atoms with Crippen LogP contribution < -0.4 is 10.6 Å². The molecule has 2 aromatic rings. The third-order valence-corrected chi connectivity index (χ3v) is 4.32. The van der Waals surface area contributed by atoms with Gasteiger partial charge in [0.1, 0.15) is 0 Å². The highest BCUT2D eigenvalue weighted by molar-refractivity contribution is 6.04. The molecule has 1 aliphatic rings. The van der Waals surface area contributed by atoms with Crippen LogP contribution >= 0.6 is 0 Å². The molecule has 0 radical (unpaired) electrons. The number of nitrogens with zero attached hydrogens (tertiary/aromatic N) is 3. The lowest BCUT2D eigenvalue weighted by molar-refractivity contribution is 0.102. The van der Waals surface area contributed by atoms with Gasteiger partial charge >= 0.3 is 6.03 Å². The Labute approximate surface area is 147 Å². The zero-order valence-corrected chi connectivity index (χ0v) is 14.6. The van der Waals surface area contributed by atoms with Crippen LogP contribution in [0.3, 0.4) is 0 Å². The second kappa shape index (κ2) is 7.38. The fourth-order valence-electron chi connectivity index (χ4n) is 2.98. The van der Waals surface area contributed by atoms with Crippen LogP contribution in [0.15, 0.2) is 30.3 Å². The van der Waals surface area contributed by atoms with E-state index in [-0.39, 0.29) is 11.9 Å². The number of aromatic nitrogens is 2. The van der Waals surface area contributed by atoms with Crippen molar-refractivity contribution in [2.75, 3.05) is 18.4 Å². The highest BCUT2D eigenvalue weighted by atomic mass is 16.2. The van der Waals surface area contributed by atoms with Gasteiger partial charge in [0.2, 0.25) is 0 Å². The van der Waals surface area contributed by atoms with Gasteiger partial charge in [-0.15, -0.1) is 0 Å². The molecule has 3 amide bonds. The molecular weight excluding hydrogens is 318 g/mol. The van der Waals surface area contributed by atoms with Crippen molar-refractivity contribution in [3.63, 3.8) is 0 Å². The van der Waals surface area contributed by atoms with E-state index in [1.165, 1.54) is 0 Å². The Hall–Kier alpha value is -2.83. The van der Waals surface area contributed by atoms with Crippen molar-refractivity contribution >= 4 is 17.8 Å². The average Bonchev–Trinajstić information content (AvgIpc) is 2.95. The minimum atomic E-state index is -0.200. The summed E-state index contributed by atoms with van der Waals surface area (Å²) in [4.78, 5) is 26.4. The van der Waals surface area contributed by atoms with E-state index >= 15 is 0 Å². The average molecular weight is 341 g/mol. The number of nitrogens with one attached hydrogen (secondary N) is 2. The number of rotatable bonds is 4. The van der Waals surface area contributed by atoms with Crippen LogP contribution in [0.5, 0.6) is 0 Å². The molecule has 7 heteroatoms. The number of carbonyl (C=O) groups excluding carboxylic acids is 2. The zero-order chi connectivity index (χ0) is 17.8. The van der Waals surface area contributed by atoms with Crippen molar-refractivity contribution in [3.05, 3.63) is 47.2 Å². The third-order valence-electron chi connectivity index (χ3n) is 4.32. The summed E-state index contributed by atoms with van der Waals surface area (Å²) >= 11 is 0. The lowest BCUT2D eigenvalue weighted by Gasteiger charge is -2.27. The van der Waals surface area contributed by atoms with Gasteiger partial charge in [0.25, 0.3) is 5.91 Å². The van der Waals surface area contributed by atoms with Crippen LogP contribution in [0, 0.1) is 0 Å². The maximum atomic E-state index is 12.4. The van der Waals surface area contributed by atoms with Gasteiger partial charge in [-0.2, -0.15) is 5.10 Å². The predicted octanol–water partition coefficient (Wildman–Crippen LogP) is 2.15. The van der Waals surface area contributed by atoms with Crippen LogP contribution in [0.25, 0.3) is 0 Å². The Morgan fingerprint density at radius 2 is 2.00 bits per heavy atom. The molecule has 0 saturated heterocycles. The summed E-state index contributed by atoms with van der Waals surface area (Å²) in [5, 5.41) is 10.2. The number of carbonyl (C=O) groups is 2. The predicted molar refractivity (Wildman–Crippen MR) is 95.4 cm³/mol. The fourth-order valence-corrected chi connectivity index (χ4v) is 2.98. The zero-order valence-electron chi connectivity index (χ0n) is 14.6. The molecule has 132 valence electrons. The summed E-state index contributed by atoms with van der Waals surface area (Å²) in [5.41, 5.74) is 2.54. The first kappa shape index (κ1) is 17.0. The third kappa shape index (κ3) is 3.65.